The molecule has 1 heterocycles. The van der Waals surface area contributed by atoms with Crippen LogP contribution in [0.3, 0.4) is 0 Å². The topological polar surface area (TPSA) is 66.3 Å². The normalized spacial score (nSPS) is 12.3. The van der Waals surface area contributed by atoms with Gasteiger partial charge < -0.3 is 10.0 Å². The zero-order valence-corrected chi connectivity index (χ0v) is 11.1. The molecule has 1 atom stereocenters. The minimum absolute atomic E-state index is 0.0857. The van der Waals surface area contributed by atoms with E-state index in [2.05, 4.69) is 9.97 Å². The van der Waals surface area contributed by atoms with E-state index in [-0.39, 0.29) is 12.5 Å². The Morgan fingerprint density at radius 2 is 2.05 bits per heavy atom. The van der Waals surface area contributed by atoms with Crippen LogP contribution in [0.1, 0.15) is 20.3 Å². The maximum absolute atomic E-state index is 10.8. The van der Waals surface area contributed by atoms with Gasteiger partial charge in [-0.1, -0.05) is 12.1 Å². The Balaban J connectivity index is 2.32. The molecule has 2 aromatic rings. The van der Waals surface area contributed by atoms with Gasteiger partial charge in [0.1, 0.15) is 5.82 Å². The van der Waals surface area contributed by atoms with Gasteiger partial charge >= 0.3 is 5.97 Å². The van der Waals surface area contributed by atoms with Crippen molar-refractivity contribution in [1.29, 1.82) is 0 Å². The number of carbonyl (C=O) groups is 1. The molecule has 0 aliphatic carbocycles. The van der Waals surface area contributed by atoms with E-state index in [0.717, 1.165) is 16.9 Å². The third-order valence-corrected chi connectivity index (χ3v) is 3.07. The highest BCUT2D eigenvalue weighted by Crippen LogP contribution is 2.18. The number of fused-ring (bicyclic) bond motifs is 1. The molecule has 5 heteroatoms. The first-order valence-corrected chi connectivity index (χ1v) is 6.32. The van der Waals surface area contributed by atoms with Gasteiger partial charge in [0.05, 0.1) is 23.7 Å². The Labute approximate surface area is 111 Å². The lowest BCUT2D eigenvalue weighted by molar-refractivity contribution is -0.137. The molecule has 5 nitrogen and oxygen atoms in total. The lowest BCUT2D eigenvalue weighted by atomic mass is 10.2. The van der Waals surface area contributed by atoms with Crippen molar-refractivity contribution >= 4 is 22.8 Å². The number of para-hydroxylation sites is 2. The van der Waals surface area contributed by atoms with Crippen LogP contribution in [0, 0.1) is 0 Å². The van der Waals surface area contributed by atoms with Crippen LogP contribution in [0.25, 0.3) is 11.0 Å². The van der Waals surface area contributed by atoms with Gasteiger partial charge in [-0.3, -0.25) is 9.78 Å². The van der Waals surface area contributed by atoms with E-state index in [0.29, 0.717) is 6.54 Å². The van der Waals surface area contributed by atoms with Crippen LogP contribution in [0.4, 0.5) is 5.82 Å². The second kappa shape index (κ2) is 5.65. The molecule has 0 spiro atoms. The van der Waals surface area contributed by atoms with E-state index >= 15 is 0 Å². The predicted molar refractivity (Wildman–Crippen MR) is 74.3 cm³/mol. The van der Waals surface area contributed by atoms with Gasteiger partial charge in [0.25, 0.3) is 0 Å². The number of anilines is 1. The van der Waals surface area contributed by atoms with E-state index in [9.17, 15) is 4.79 Å². The van der Waals surface area contributed by atoms with Gasteiger partial charge in [0.15, 0.2) is 0 Å². The molecule has 1 aromatic heterocycles. The Hall–Kier alpha value is -2.17. The summed E-state index contributed by atoms with van der Waals surface area (Å²) in [4.78, 5) is 21.7. The number of carboxylic acid groups (broad SMARTS) is 1. The van der Waals surface area contributed by atoms with Crippen molar-refractivity contribution in [2.24, 2.45) is 0 Å². The molecule has 0 aliphatic rings. The summed E-state index contributed by atoms with van der Waals surface area (Å²) in [6.07, 6.45) is 1.78. The van der Waals surface area contributed by atoms with Gasteiger partial charge in [-0.25, -0.2) is 4.98 Å². The Bertz CT molecular complexity index is 586. The summed E-state index contributed by atoms with van der Waals surface area (Å²) in [6, 6.07) is 7.53. The average Bonchev–Trinajstić information content (AvgIpc) is 2.38. The zero-order valence-electron chi connectivity index (χ0n) is 11.1. The second-order valence-electron chi connectivity index (χ2n) is 4.45. The van der Waals surface area contributed by atoms with E-state index in [1.165, 1.54) is 0 Å². The maximum Gasteiger partial charge on any atom is 0.305 e. The second-order valence-corrected chi connectivity index (χ2v) is 4.45. The summed E-state index contributed by atoms with van der Waals surface area (Å²) in [5.74, 6) is -0.0883. The molecule has 0 fully saturated rings. The molecule has 0 amide bonds. The van der Waals surface area contributed by atoms with Gasteiger partial charge in [-0.2, -0.15) is 0 Å². The fraction of sp³-hybridized carbons (Fsp3) is 0.357. The molecule has 0 bridgehead atoms. The van der Waals surface area contributed by atoms with Gasteiger partial charge in [-0.05, 0) is 26.0 Å². The van der Waals surface area contributed by atoms with Crippen molar-refractivity contribution in [2.45, 2.75) is 26.3 Å². The molecule has 0 radical (unpaired) electrons. The number of rotatable bonds is 5. The molecular formula is C14H17N3O2. The number of hydrogen-bond acceptors (Lipinski definition) is 4. The van der Waals surface area contributed by atoms with Crippen LogP contribution in [-0.2, 0) is 4.79 Å². The van der Waals surface area contributed by atoms with E-state index in [4.69, 9.17) is 5.11 Å². The van der Waals surface area contributed by atoms with Gasteiger partial charge in [-0.15, -0.1) is 0 Å². The molecular weight excluding hydrogens is 242 g/mol. The van der Waals surface area contributed by atoms with Crippen molar-refractivity contribution in [2.75, 3.05) is 11.4 Å². The van der Waals surface area contributed by atoms with Crippen LogP contribution in [0.15, 0.2) is 30.5 Å². The lowest BCUT2D eigenvalue weighted by Gasteiger charge is -2.27. The number of hydrogen-bond donors (Lipinski definition) is 1. The first-order valence-electron chi connectivity index (χ1n) is 6.32. The van der Waals surface area contributed by atoms with E-state index in [1.54, 1.807) is 6.20 Å². The first-order chi connectivity index (χ1) is 9.11. The van der Waals surface area contributed by atoms with Crippen LogP contribution < -0.4 is 4.90 Å². The Kier molecular flexibility index (Phi) is 3.94. The van der Waals surface area contributed by atoms with Crippen LogP contribution in [0.2, 0.25) is 0 Å². The molecule has 1 unspecified atom stereocenters. The molecule has 1 N–H and O–H groups in total. The smallest absolute Gasteiger partial charge is 0.305 e. The van der Waals surface area contributed by atoms with Crippen molar-refractivity contribution < 1.29 is 9.90 Å². The highest BCUT2D eigenvalue weighted by Gasteiger charge is 2.17. The van der Waals surface area contributed by atoms with Crippen molar-refractivity contribution in [3.8, 4) is 0 Å². The first kappa shape index (κ1) is 13.3. The van der Waals surface area contributed by atoms with Gasteiger partial charge in [0, 0.05) is 12.6 Å². The molecule has 0 aliphatic heterocycles. The third kappa shape index (κ3) is 2.99. The van der Waals surface area contributed by atoms with E-state index < -0.39 is 5.97 Å². The molecule has 0 saturated heterocycles. The lowest BCUT2D eigenvalue weighted by Crippen LogP contribution is -2.35. The quantitative estimate of drug-likeness (QED) is 0.892. The van der Waals surface area contributed by atoms with Gasteiger partial charge in [0.2, 0.25) is 0 Å². The number of aromatic nitrogens is 2. The fourth-order valence-electron chi connectivity index (χ4n) is 2.15. The number of aliphatic carboxylic acids is 1. The van der Waals surface area contributed by atoms with E-state index in [1.807, 2.05) is 43.0 Å². The summed E-state index contributed by atoms with van der Waals surface area (Å²) in [7, 11) is 0. The largest absolute Gasteiger partial charge is 0.481 e. The number of nitrogens with zero attached hydrogens (tertiary/aromatic N) is 3. The summed E-state index contributed by atoms with van der Waals surface area (Å²) < 4.78 is 0. The standard InChI is InChI=1S/C14H17N3O2/c1-3-17(10(2)8-14(18)19)13-9-15-11-6-4-5-7-12(11)16-13/h4-7,9-10H,3,8H2,1-2H3,(H,18,19). The molecule has 1 aromatic carbocycles. The summed E-state index contributed by atoms with van der Waals surface area (Å²) in [5, 5.41) is 8.88. The monoisotopic (exact) mass is 259 g/mol. The number of benzene rings is 1. The van der Waals surface area contributed by atoms with Crippen LogP contribution in [-0.4, -0.2) is 33.6 Å². The van der Waals surface area contributed by atoms with Crippen molar-refractivity contribution in [3.05, 3.63) is 30.5 Å². The average molecular weight is 259 g/mol. The highest BCUT2D eigenvalue weighted by molar-refractivity contribution is 5.75. The molecule has 0 saturated carbocycles. The highest BCUT2D eigenvalue weighted by atomic mass is 16.4. The maximum atomic E-state index is 10.8. The van der Waals surface area contributed by atoms with Crippen LogP contribution in [0.5, 0.6) is 0 Å². The molecule has 100 valence electrons. The SMILES string of the molecule is CCN(c1cnc2ccccc2n1)C(C)CC(=O)O. The van der Waals surface area contributed by atoms with Crippen molar-refractivity contribution in [3.63, 3.8) is 0 Å². The van der Waals surface area contributed by atoms with Crippen LogP contribution >= 0.6 is 0 Å². The summed E-state index contributed by atoms with van der Waals surface area (Å²) in [5.41, 5.74) is 1.66. The molecule has 2 rings (SSSR count). The Morgan fingerprint density at radius 1 is 1.37 bits per heavy atom. The predicted octanol–water partition coefficient (Wildman–Crippen LogP) is 2.32. The zero-order chi connectivity index (χ0) is 13.8. The molecule has 19 heavy (non-hydrogen) atoms. The minimum atomic E-state index is -0.806. The summed E-state index contributed by atoms with van der Waals surface area (Å²) in [6.45, 7) is 4.56. The van der Waals surface area contributed by atoms with Crippen molar-refractivity contribution in [1.82, 2.24) is 9.97 Å². The minimum Gasteiger partial charge on any atom is -0.481 e. The Morgan fingerprint density at radius 3 is 2.68 bits per heavy atom. The fourth-order valence-corrected chi connectivity index (χ4v) is 2.15. The third-order valence-electron chi connectivity index (χ3n) is 3.07. The number of carboxylic acids is 1. The summed E-state index contributed by atoms with van der Waals surface area (Å²) >= 11 is 0.